The molecule has 2 amide bonds. The molecule has 2 aromatic rings. The number of amides is 2. The van der Waals surface area contributed by atoms with Gasteiger partial charge >= 0.3 is 6.03 Å². The van der Waals surface area contributed by atoms with E-state index in [1.165, 1.54) is 6.07 Å². The number of hydrogen-bond donors (Lipinski definition) is 1. The highest BCUT2D eigenvalue weighted by Gasteiger charge is 2.36. The molecule has 2 saturated heterocycles. The van der Waals surface area contributed by atoms with Crippen LogP contribution in [0.3, 0.4) is 0 Å². The first-order valence-electron chi connectivity index (χ1n) is 10.7. The fourth-order valence-electron chi connectivity index (χ4n) is 4.50. The molecular weight excluding hydrogens is 395 g/mol. The van der Waals surface area contributed by atoms with Crippen LogP contribution in [-0.2, 0) is 10.2 Å². The average molecular weight is 423 g/mol. The summed E-state index contributed by atoms with van der Waals surface area (Å²) in [6.07, 6.45) is 1.49. The van der Waals surface area contributed by atoms with Gasteiger partial charge in [0.25, 0.3) is 0 Å². The molecule has 0 bridgehead atoms. The second kappa shape index (κ2) is 9.36. The molecule has 0 aromatic heterocycles. The summed E-state index contributed by atoms with van der Waals surface area (Å²) in [6.45, 7) is 4.18. The number of piperazine rings is 1. The van der Waals surface area contributed by atoms with Gasteiger partial charge in [0.05, 0.1) is 11.3 Å². The highest BCUT2D eigenvalue weighted by atomic mass is 19.1. The van der Waals surface area contributed by atoms with E-state index in [1.807, 2.05) is 35.2 Å². The van der Waals surface area contributed by atoms with Crippen LogP contribution in [0.1, 0.15) is 24.0 Å². The van der Waals surface area contributed by atoms with Crippen molar-refractivity contribution in [3.63, 3.8) is 0 Å². The van der Waals surface area contributed by atoms with Gasteiger partial charge in [0.1, 0.15) is 11.9 Å². The third kappa shape index (κ3) is 4.64. The van der Waals surface area contributed by atoms with Crippen molar-refractivity contribution in [1.29, 1.82) is 5.26 Å². The number of rotatable bonds is 4. The minimum absolute atomic E-state index is 0.101. The Morgan fingerprint density at radius 3 is 2.55 bits per heavy atom. The first-order valence-corrected chi connectivity index (χ1v) is 10.7. The second-order valence-corrected chi connectivity index (χ2v) is 8.16. The number of nitriles is 1. The minimum Gasteiger partial charge on any atom is -0.381 e. The summed E-state index contributed by atoms with van der Waals surface area (Å²) >= 11 is 0. The molecule has 1 N–H and O–H groups in total. The topological polar surface area (TPSA) is 68.6 Å². The molecule has 4 rings (SSSR count). The van der Waals surface area contributed by atoms with Gasteiger partial charge in [0, 0.05) is 51.4 Å². The van der Waals surface area contributed by atoms with Crippen LogP contribution in [-0.4, -0.2) is 56.9 Å². The normalized spacial score (nSPS) is 18.3. The van der Waals surface area contributed by atoms with Gasteiger partial charge in [-0.15, -0.1) is 0 Å². The van der Waals surface area contributed by atoms with E-state index in [2.05, 4.69) is 16.3 Å². The molecule has 31 heavy (non-hydrogen) atoms. The molecular formula is C24H27FN4O2. The largest absolute Gasteiger partial charge is 0.381 e. The Kier molecular flexibility index (Phi) is 6.38. The smallest absolute Gasteiger partial charge is 0.317 e. The maximum absolute atomic E-state index is 13.9. The highest BCUT2D eigenvalue weighted by molar-refractivity contribution is 5.75. The minimum atomic E-state index is -0.316. The molecule has 6 nitrogen and oxygen atoms in total. The van der Waals surface area contributed by atoms with Crippen molar-refractivity contribution in [2.45, 2.75) is 18.3 Å². The van der Waals surface area contributed by atoms with Crippen LogP contribution in [0.5, 0.6) is 0 Å². The molecule has 2 heterocycles. The summed E-state index contributed by atoms with van der Waals surface area (Å²) < 4.78 is 19.4. The summed E-state index contributed by atoms with van der Waals surface area (Å²) in [5.74, 6) is -0.261. The maximum Gasteiger partial charge on any atom is 0.317 e. The number of anilines is 1. The number of para-hydroxylation sites is 1. The van der Waals surface area contributed by atoms with E-state index in [0.29, 0.717) is 51.5 Å². The average Bonchev–Trinajstić information content (AvgIpc) is 2.83. The number of hydrogen-bond acceptors (Lipinski definition) is 4. The Morgan fingerprint density at radius 1 is 1.10 bits per heavy atom. The van der Waals surface area contributed by atoms with E-state index in [1.54, 1.807) is 12.1 Å². The van der Waals surface area contributed by atoms with Gasteiger partial charge in [-0.2, -0.15) is 5.26 Å². The van der Waals surface area contributed by atoms with Gasteiger partial charge in [-0.1, -0.05) is 24.3 Å². The number of nitrogens with zero attached hydrogens (tertiary/aromatic N) is 3. The van der Waals surface area contributed by atoms with Crippen LogP contribution in [0.4, 0.5) is 14.9 Å². The van der Waals surface area contributed by atoms with Crippen LogP contribution >= 0.6 is 0 Å². The van der Waals surface area contributed by atoms with Crippen LogP contribution in [0.15, 0.2) is 48.5 Å². The number of carbonyl (C=O) groups is 1. The van der Waals surface area contributed by atoms with E-state index in [4.69, 9.17) is 4.74 Å². The van der Waals surface area contributed by atoms with Crippen LogP contribution in [0, 0.1) is 17.1 Å². The first kappa shape index (κ1) is 21.1. The van der Waals surface area contributed by atoms with Gasteiger partial charge in [0.15, 0.2) is 0 Å². The van der Waals surface area contributed by atoms with Crippen molar-refractivity contribution in [3.05, 3.63) is 65.5 Å². The highest BCUT2D eigenvalue weighted by Crippen LogP contribution is 2.34. The van der Waals surface area contributed by atoms with Crippen LogP contribution in [0.25, 0.3) is 0 Å². The Labute approximate surface area is 182 Å². The maximum atomic E-state index is 13.9. The molecule has 0 unspecified atom stereocenters. The Morgan fingerprint density at radius 2 is 1.84 bits per heavy atom. The number of urea groups is 1. The molecule has 162 valence electrons. The van der Waals surface area contributed by atoms with Gasteiger partial charge in [-0.3, -0.25) is 0 Å². The Balaban J connectivity index is 1.38. The van der Waals surface area contributed by atoms with E-state index < -0.39 is 0 Å². The van der Waals surface area contributed by atoms with Gasteiger partial charge in [-0.05, 0) is 42.7 Å². The number of ether oxygens (including phenoxy) is 1. The lowest BCUT2D eigenvalue weighted by Crippen LogP contribution is -2.54. The van der Waals surface area contributed by atoms with E-state index in [9.17, 15) is 14.4 Å². The molecule has 0 saturated carbocycles. The van der Waals surface area contributed by atoms with Crippen molar-refractivity contribution < 1.29 is 13.9 Å². The van der Waals surface area contributed by atoms with Crippen molar-refractivity contribution in [3.8, 4) is 6.07 Å². The summed E-state index contributed by atoms with van der Waals surface area (Å²) in [6, 6.07) is 16.4. The van der Waals surface area contributed by atoms with Gasteiger partial charge in [0.2, 0.25) is 0 Å². The Hall–Kier alpha value is -3.11. The fourth-order valence-corrected chi connectivity index (χ4v) is 4.50. The number of carbonyl (C=O) groups excluding carboxylic acids is 1. The van der Waals surface area contributed by atoms with E-state index in [0.717, 1.165) is 24.1 Å². The lowest BCUT2D eigenvalue weighted by atomic mass is 9.74. The van der Waals surface area contributed by atoms with Gasteiger partial charge in [-0.25, -0.2) is 9.18 Å². The number of benzene rings is 2. The molecule has 0 aliphatic carbocycles. The predicted octanol–water partition coefficient (Wildman–Crippen LogP) is 3.28. The van der Waals surface area contributed by atoms with Crippen molar-refractivity contribution in [2.75, 3.05) is 50.8 Å². The zero-order valence-electron chi connectivity index (χ0n) is 17.5. The Bertz CT molecular complexity index is 960. The van der Waals surface area contributed by atoms with Crippen LogP contribution in [0.2, 0.25) is 0 Å². The molecule has 2 fully saturated rings. The third-order valence-corrected chi connectivity index (χ3v) is 6.40. The standard InChI is InChI=1S/C24H27FN4O2/c25-21-6-3-5-20(16-21)24(8-14-31-15-9-24)18-27-23(30)29-12-10-28(11-13-29)22-7-2-1-4-19(22)17-26/h1-7,16H,8-15,18H2,(H,27,30). The van der Waals surface area contributed by atoms with E-state index in [-0.39, 0.29) is 17.3 Å². The molecule has 2 aliphatic rings. The molecule has 2 aliphatic heterocycles. The third-order valence-electron chi connectivity index (χ3n) is 6.40. The predicted molar refractivity (Wildman–Crippen MR) is 116 cm³/mol. The molecule has 0 spiro atoms. The first-order chi connectivity index (χ1) is 15.1. The summed E-state index contributed by atoms with van der Waals surface area (Å²) in [5.41, 5.74) is 2.16. The fraction of sp³-hybridized carbons (Fsp3) is 0.417. The molecule has 0 radical (unpaired) electrons. The lowest BCUT2D eigenvalue weighted by Gasteiger charge is -2.40. The summed E-state index contributed by atoms with van der Waals surface area (Å²) in [7, 11) is 0. The number of halogens is 1. The molecule has 7 heteroatoms. The van der Waals surface area contributed by atoms with Crippen molar-refractivity contribution >= 4 is 11.7 Å². The zero-order valence-corrected chi connectivity index (χ0v) is 17.5. The van der Waals surface area contributed by atoms with Crippen LogP contribution < -0.4 is 10.2 Å². The SMILES string of the molecule is N#Cc1ccccc1N1CCN(C(=O)NCC2(c3cccc(F)c3)CCOCC2)CC1. The molecule has 0 atom stereocenters. The summed E-state index contributed by atoms with van der Waals surface area (Å²) in [4.78, 5) is 16.8. The van der Waals surface area contributed by atoms with Gasteiger partial charge < -0.3 is 19.9 Å². The van der Waals surface area contributed by atoms with Crippen molar-refractivity contribution in [1.82, 2.24) is 10.2 Å². The molecule has 2 aromatic carbocycles. The quantitative estimate of drug-likeness (QED) is 0.821. The monoisotopic (exact) mass is 422 g/mol. The van der Waals surface area contributed by atoms with Crippen molar-refractivity contribution in [2.24, 2.45) is 0 Å². The number of nitrogens with one attached hydrogen (secondary N) is 1. The van der Waals surface area contributed by atoms with E-state index >= 15 is 0 Å². The second-order valence-electron chi connectivity index (χ2n) is 8.16. The summed E-state index contributed by atoms with van der Waals surface area (Å²) in [5, 5.41) is 12.4. The zero-order chi connectivity index (χ0) is 21.7. The lowest BCUT2D eigenvalue weighted by molar-refractivity contribution is 0.0500.